The highest BCUT2D eigenvalue weighted by Gasteiger charge is 2.20. The molecule has 0 aliphatic heterocycles. The highest BCUT2D eigenvalue weighted by molar-refractivity contribution is 8.69. The first-order valence-corrected chi connectivity index (χ1v) is 9.13. The summed E-state index contributed by atoms with van der Waals surface area (Å²) in [6.07, 6.45) is 0. The summed E-state index contributed by atoms with van der Waals surface area (Å²) in [5, 5.41) is 0.176. The van der Waals surface area contributed by atoms with Gasteiger partial charge in [-0.05, 0) is 25.5 Å². The summed E-state index contributed by atoms with van der Waals surface area (Å²) < 4.78 is 82.7. The summed E-state index contributed by atoms with van der Waals surface area (Å²) in [5.74, 6) is 0. The van der Waals surface area contributed by atoms with Crippen LogP contribution in [0.2, 0.25) is 0 Å². The van der Waals surface area contributed by atoms with Crippen molar-refractivity contribution in [1.82, 2.24) is 0 Å². The van der Waals surface area contributed by atoms with Crippen LogP contribution in [0, 0.1) is 0 Å². The van der Waals surface area contributed by atoms with Crippen LogP contribution < -0.4 is 0 Å². The molecule has 15 heavy (non-hydrogen) atoms. The van der Waals surface area contributed by atoms with Gasteiger partial charge in [-0.15, -0.1) is 11.8 Å². The molecule has 2 nitrogen and oxygen atoms in total. The van der Waals surface area contributed by atoms with E-state index < -0.39 is 32.5 Å². The van der Waals surface area contributed by atoms with Gasteiger partial charge in [-0.25, -0.2) is 0 Å². The molecule has 0 rings (SSSR count). The zero-order valence-electron chi connectivity index (χ0n) is 18.7. The van der Waals surface area contributed by atoms with Gasteiger partial charge >= 0.3 is 0 Å². The maximum absolute atomic E-state index is 7.54. The lowest BCUT2D eigenvalue weighted by atomic mass is 10.3. The molecule has 0 spiro atoms. The molecule has 0 amide bonds. The van der Waals surface area contributed by atoms with Gasteiger partial charge in [-0.1, -0.05) is 32.2 Å². The van der Waals surface area contributed by atoms with E-state index in [0.717, 1.165) is 0 Å². The summed E-state index contributed by atoms with van der Waals surface area (Å²) in [6, 6.07) is 0. The van der Waals surface area contributed by atoms with Gasteiger partial charge in [-0.3, -0.25) is 0 Å². The van der Waals surface area contributed by atoms with Crippen LogP contribution in [-0.2, 0) is 20.9 Å². The van der Waals surface area contributed by atoms with Crippen molar-refractivity contribution in [2.45, 2.75) is 39.2 Å². The molecule has 0 N–H and O–H groups in total. The van der Waals surface area contributed by atoms with Crippen LogP contribution in [0.25, 0.3) is 0 Å². The molecule has 0 aliphatic carbocycles. The molecule has 0 aromatic heterocycles. The number of hydrogen-bond donors (Lipinski definition) is 0. The summed E-state index contributed by atoms with van der Waals surface area (Å²) in [6.45, 7) is -7.15. The smallest absolute Gasteiger partial charge is 0.248 e. The van der Waals surface area contributed by atoms with Gasteiger partial charge in [-0.2, -0.15) is 0 Å². The second-order valence-corrected chi connectivity index (χ2v) is 11.7. The Balaban J connectivity index is 5.55. The predicted octanol–water partition coefficient (Wildman–Crippen LogP) is 4.51. The van der Waals surface area contributed by atoms with Crippen molar-refractivity contribution < 1.29 is 22.8 Å². The fraction of sp³-hybridized carbons (Fsp3) is 1.00. The van der Waals surface area contributed by atoms with E-state index in [-0.39, 0.29) is 9.83 Å². The molecule has 0 radical (unpaired) electrons. The van der Waals surface area contributed by atoms with Crippen LogP contribution in [0.15, 0.2) is 0 Å². The number of hydrogen-bond acceptors (Lipinski definition) is 5. The van der Waals surface area contributed by atoms with Crippen molar-refractivity contribution in [3.63, 3.8) is 0 Å². The topological polar surface area (TPSA) is 18.5 Å². The molecule has 0 saturated heterocycles. The van der Waals surface area contributed by atoms with Gasteiger partial charge in [0.05, 0.1) is 18.6 Å². The Morgan fingerprint density at radius 2 is 1.87 bits per heavy atom. The standard InChI is InChI=1S/C9H21O2PS3/c1-6-10-12(13,11-7-2)15-8-14-9(3,4)5/h6-8H2,1-5H3/i1D3,2D3,6D2,7D2. The molecule has 6 heteroatoms. The maximum Gasteiger partial charge on any atom is 0.248 e. The molecule has 0 fully saturated rings. The monoisotopic (exact) mass is 298 g/mol. The minimum Gasteiger partial charge on any atom is -0.322 e. The number of thioether (sulfide) groups is 1. The van der Waals surface area contributed by atoms with E-state index >= 15 is 0 Å². The van der Waals surface area contributed by atoms with Crippen molar-refractivity contribution >= 4 is 40.6 Å². The Labute approximate surface area is 121 Å². The number of rotatable bonds is 7. The normalized spacial score (nSPS) is 26.6. The minimum absolute atomic E-state index is 0.176. The van der Waals surface area contributed by atoms with Crippen LogP contribution in [0.3, 0.4) is 0 Å². The molecule has 92 valence electrons. The van der Waals surface area contributed by atoms with Gasteiger partial charge < -0.3 is 9.05 Å². The van der Waals surface area contributed by atoms with Crippen LogP contribution in [0.1, 0.15) is 48.2 Å². The first-order chi connectivity index (χ1) is 10.6. The van der Waals surface area contributed by atoms with Crippen LogP contribution in [0.4, 0.5) is 0 Å². The SMILES string of the molecule is [2H]C([2H])([2H])C([2H])([2H])OP(=S)(OC([2H])([2H])C([2H])([2H])[2H])SCSC(C)(C)C. The van der Waals surface area contributed by atoms with Crippen LogP contribution in [0.5, 0.6) is 0 Å². The van der Waals surface area contributed by atoms with E-state index in [2.05, 4.69) is 0 Å². The molecule has 0 bridgehead atoms. The van der Waals surface area contributed by atoms with E-state index in [1.807, 2.05) is 20.8 Å². The van der Waals surface area contributed by atoms with Crippen molar-refractivity contribution in [2.75, 3.05) is 18.2 Å². The summed E-state index contributed by atoms with van der Waals surface area (Å²) >= 11 is 7.13. The lowest BCUT2D eigenvalue weighted by molar-refractivity contribution is 0.280. The molecule has 0 heterocycles. The van der Waals surface area contributed by atoms with Crippen molar-refractivity contribution in [3.8, 4) is 0 Å². The van der Waals surface area contributed by atoms with E-state index in [1.165, 1.54) is 11.8 Å². The Morgan fingerprint density at radius 3 is 2.27 bits per heavy atom. The summed E-state index contributed by atoms with van der Waals surface area (Å²) in [5.41, 5.74) is -3.98. The van der Waals surface area contributed by atoms with E-state index in [9.17, 15) is 0 Å². The summed E-state index contributed by atoms with van der Waals surface area (Å²) in [4.78, 5) is 0. The Bertz CT molecular complexity index is 467. The zero-order chi connectivity index (χ0) is 20.5. The van der Waals surface area contributed by atoms with Gasteiger partial charge in [0.25, 0.3) is 0 Å². The molecule has 0 atom stereocenters. The van der Waals surface area contributed by atoms with Gasteiger partial charge in [0.15, 0.2) is 0 Å². The van der Waals surface area contributed by atoms with E-state index in [1.54, 1.807) is 0 Å². The average Bonchev–Trinajstić information content (AvgIpc) is 2.20. The largest absolute Gasteiger partial charge is 0.322 e. The maximum atomic E-state index is 7.54. The third kappa shape index (κ3) is 9.02. The van der Waals surface area contributed by atoms with E-state index in [0.29, 0.717) is 11.4 Å². The van der Waals surface area contributed by atoms with Crippen molar-refractivity contribution in [3.05, 3.63) is 0 Å². The fourth-order valence-corrected chi connectivity index (χ4v) is 6.52. The summed E-state index contributed by atoms with van der Waals surface area (Å²) in [7, 11) is 0. The van der Waals surface area contributed by atoms with Gasteiger partial charge in [0.1, 0.15) is 0 Å². The first kappa shape index (κ1) is 5.94. The highest BCUT2D eigenvalue weighted by Crippen LogP contribution is 2.62. The Kier molecular flexibility index (Phi) is 3.00. The molecule has 0 aromatic carbocycles. The molecule has 0 unspecified atom stereocenters. The van der Waals surface area contributed by atoms with Gasteiger partial charge in [0, 0.05) is 18.1 Å². The van der Waals surface area contributed by atoms with Crippen LogP contribution >= 0.6 is 28.8 Å². The molecular weight excluding hydrogens is 267 g/mol. The Morgan fingerprint density at radius 1 is 1.33 bits per heavy atom. The average molecular weight is 299 g/mol. The predicted molar refractivity (Wildman–Crippen MR) is 77.3 cm³/mol. The quantitative estimate of drug-likeness (QED) is 0.507. The van der Waals surface area contributed by atoms with Crippen molar-refractivity contribution in [2.24, 2.45) is 0 Å². The lowest BCUT2D eigenvalue weighted by Crippen LogP contribution is -2.07. The minimum atomic E-state index is -3.98. The molecule has 0 aromatic rings. The first-order valence-electron chi connectivity index (χ1n) is 8.92. The Hall–Kier alpha value is 1.27. The third-order valence-electron chi connectivity index (χ3n) is 1.02. The van der Waals surface area contributed by atoms with Crippen molar-refractivity contribution in [1.29, 1.82) is 0 Å². The molecular formula is C9H21O2PS3. The second-order valence-electron chi connectivity index (χ2n) is 3.34. The van der Waals surface area contributed by atoms with E-state index in [4.69, 9.17) is 34.6 Å². The van der Waals surface area contributed by atoms with Gasteiger partial charge in [0.2, 0.25) is 5.69 Å². The highest BCUT2D eigenvalue weighted by atomic mass is 32.9. The zero-order valence-corrected chi connectivity index (χ0v) is 12.0. The fourth-order valence-electron chi connectivity index (χ4n) is 0.451. The molecule has 0 aliphatic rings. The molecule has 0 saturated carbocycles. The van der Waals surface area contributed by atoms with Crippen LogP contribution in [-0.4, -0.2) is 22.9 Å². The lowest BCUT2D eigenvalue weighted by Gasteiger charge is -2.22. The third-order valence-corrected chi connectivity index (χ3v) is 7.46. The second kappa shape index (κ2) is 7.57.